The number of hydrogen-bond donors (Lipinski definition) is 0. The fraction of sp³-hybridized carbons (Fsp3) is 0.357. The highest BCUT2D eigenvalue weighted by Crippen LogP contribution is 2.23. The first kappa shape index (κ1) is 10.8. The standard InChI is InChI=1S/C14H16FN2/c15-14-5-4-13-11-17(9-6-12(13)10-14)16-7-2-1-3-8-16/h1,4-6,9-10H,2-3,7-8,11H2. The van der Waals surface area contributed by atoms with Gasteiger partial charge in [-0.15, -0.1) is 0 Å². The topological polar surface area (TPSA) is 6.48 Å². The zero-order valence-corrected chi connectivity index (χ0v) is 9.77. The normalized spacial score (nSPS) is 20.4. The third kappa shape index (κ3) is 2.20. The molecular weight excluding hydrogens is 215 g/mol. The summed E-state index contributed by atoms with van der Waals surface area (Å²) >= 11 is 0. The lowest BCUT2D eigenvalue weighted by molar-refractivity contribution is 0.00527. The van der Waals surface area contributed by atoms with E-state index in [1.165, 1.54) is 5.56 Å². The molecule has 1 aromatic rings. The summed E-state index contributed by atoms with van der Waals surface area (Å²) in [6, 6.07) is 5.03. The van der Waals surface area contributed by atoms with Crippen LogP contribution < -0.4 is 0 Å². The van der Waals surface area contributed by atoms with Gasteiger partial charge in [0, 0.05) is 19.3 Å². The molecule has 0 unspecified atom stereocenters. The van der Waals surface area contributed by atoms with E-state index in [4.69, 9.17) is 0 Å². The van der Waals surface area contributed by atoms with Gasteiger partial charge in [-0.1, -0.05) is 6.07 Å². The number of fused-ring (bicyclic) bond motifs is 1. The van der Waals surface area contributed by atoms with Gasteiger partial charge in [0.2, 0.25) is 0 Å². The minimum absolute atomic E-state index is 0.158. The number of nitrogens with zero attached hydrogens (tertiary/aromatic N) is 2. The van der Waals surface area contributed by atoms with Gasteiger partial charge in [-0.05, 0) is 48.6 Å². The van der Waals surface area contributed by atoms with Crippen molar-refractivity contribution in [3.63, 3.8) is 0 Å². The molecule has 0 aromatic heterocycles. The quantitative estimate of drug-likeness (QED) is 0.733. The average Bonchev–Trinajstić information content (AvgIpc) is 2.39. The van der Waals surface area contributed by atoms with Crippen LogP contribution in [-0.4, -0.2) is 23.1 Å². The number of piperidine rings is 1. The van der Waals surface area contributed by atoms with E-state index in [0.717, 1.165) is 38.0 Å². The molecular formula is C14H16FN2. The Morgan fingerprint density at radius 3 is 2.76 bits per heavy atom. The van der Waals surface area contributed by atoms with Crippen LogP contribution in [-0.2, 0) is 6.54 Å². The predicted molar refractivity (Wildman–Crippen MR) is 66.1 cm³/mol. The van der Waals surface area contributed by atoms with Crippen molar-refractivity contribution >= 4 is 6.08 Å². The molecule has 0 bridgehead atoms. The molecule has 2 nitrogen and oxygen atoms in total. The number of hydrogen-bond acceptors (Lipinski definition) is 2. The van der Waals surface area contributed by atoms with Gasteiger partial charge in [0.15, 0.2) is 0 Å². The Balaban J connectivity index is 1.78. The maximum absolute atomic E-state index is 13.1. The summed E-state index contributed by atoms with van der Waals surface area (Å²) in [6.45, 7) is 3.02. The fourth-order valence-corrected chi connectivity index (χ4v) is 2.45. The zero-order chi connectivity index (χ0) is 11.7. The van der Waals surface area contributed by atoms with E-state index in [1.54, 1.807) is 12.1 Å². The summed E-state index contributed by atoms with van der Waals surface area (Å²) in [7, 11) is 0. The highest BCUT2D eigenvalue weighted by molar-refractivity contribution is 5.55. The van der Waals surface area contributed by atoms with Crippen molar-refractivity contribution in [1.29, 1.82) is 0 Å². The lowest BCUT2D eigenvalue weighted by Crippen LogP contribution is -2.42. The van der Waals surface area contributed by atoms with E-state index in [1.807, 2.05) is 12.1 Å². The minimum Gasteiger partial charge on any atom is -0.309 e. The second-order valence-electron chi connectivity index (χ2n) is 4.58. The molecule has 2 aliphatic rings. The molecule has 0 saturated carbocycles. The Morgan fingerprint density at radius 2 is 1.94 bits per heavy atom. The summed E-state index contributed by atoms with van der Waals surface area (Å²) in [5.41, 5.74) is 2.20. The van der Waals surface area contributed by atoms with Gasteiger partial charge in [-0.25, -0.2) is 9.40 Å². The van der Waals surface area contributed by atoms with Crippen molar-refractivity contribution in [2.45, 2.75) is 19.4 Å². The molecule has 3 heteroatoms. The second-order valence-corrected chi connectivity index (χ2v) is 4.58. The number of benzene rings is 1. The van der Waals surface area contributed by atoms with E-state index in [0.29, 0.717) is 0 Å². The van der Waals surface area contributed by atoms with Gasteiger partial charge >= 0.3 is 0 Å². The van der Waals surface area contributed by atoms with Crippen LogP contribution in [0.15, 0.2) is 24.4 Å². The molecule has 1 radical (unpaired) electrons. The Bertz CT molecular complexity index is 436. The van der Waals surface area contributed by atoms with Crippen molar-refractivity contribution in [3.8, 4) is 0 Å². The lowest BCUT2D eigenvalue weighted by atomic mass is 10.0. The van der Waals surface area contributed by atoms with Crippen molar-refractivity contribution in [2.75, 3.05) is 13.1 Å². The largest absolute Gasteiger partial charge is 0.309 e. The molecule has 0 spiro atoms. The van der Waals surface area contributed by atoms with E-state index >= 15 is 0 Å². The molecule has 1 fully saturated rings. The van der Waals surface area contributed by atoms with Crippen LogP contribution in [0.2, 0.25) is 0 Å². The van der Waals surface area contributed by atoms with Gasteiger partial charge in [-0.3, -0.25) is 0 Å². The number of hydrazine groups is 1. The smallest absolute Gasteiger partial charge is 0.123 e. The van der Waals surface area contributed by atoms with Crippen LogP contribution >= 0.6 is 0 Å². The lowest BCUT2D eigenvalue weighted by Gasteiger charge is -2.38. The summed E-state index contributed by atoms with van der Waals surface area (Å²) in [5.74, 6) is -0.158. The summed E-state index contributed by atoms with van der Waals surface area (Å²) < 4.78 is 13.1. The molecule has 0 aliphatic carbocycles. The summed E-state index contributed by atoms with van der Waals surface area (Å²) in [5, 5.41) is 4.61. The number of halogens is 1. The predicted octanol–water partition coefficient (Wildman–Crippen LogP) is 2.83. The molecule has 2 aliphatic heterocycles. The van der Waals surface area contributed by atoms with Gasteiger partial charge < -0.3 is 5.01 Å². The zero-order valence-electron chi connectivity index (χ0n) is 9.77. The Hall–Kier alpha value is -1.35. The van der Waals surface area contributed by atoms with Gasteiger partial charge in [0.05, 0.1) is 6.54 Å². The Kier molecular flexibility index (Phi) is 2.85. The van der Waals surface area contributed by atoms with Crippen molar-refractivity contribution < 1.29 is 4.39 Å². The minimum atomic E-state index is -0.158. The molecule has 0 amide bonds. The first-order chi connectivity index (χ1) is 8.33. The average molecular weight is 231 g/mol. The molecule has 0 N–H and O–H groups in total. The monoisotopic (exact) mass is 231 g/mol. The Labute approximate surface area is 101 Å². The van der Waals surface area contributed by atoms with E-state index < -0.39 is 0 Å². The first-order valence-electron chi connectivity index (χ1n) is 6.13. The van der Waals surface area contributed by atoms with Crippen LogP contribution in [0.4, 0.5) is 4.39 Å². The van der Waals surface area contributed by atoms with Crippen molar-refractivity contribution in [1.82, 2.24) is 10.0 Å². The molecule has 1 saturated heterocycles. The SMILES string of the molecule is Fc1ccc2c(c1)C=CN(N1CC[CH]CC1)C2. The molecule has 2 heterocycles. The van der Waals surface area contributed by atoms with Crippen molar-refractivity contribution in [2.24, 2.45) is 0 Å². The summed E-state index contributed by atoms with van der Waals surface area (Å²) in [4.78, 5) is 0. The van der Waals surface area contributed by atoms with Gasteiger partial charge in [0.25, 0.3) is 0 Å². The van der Waals surface area contributed by atoms with Crippen LogP contribution in [0.1, 0.15) is 24.0 Å². The van der Waals surface area contributed by atoms with Crippen LogP contribution in [0, 0.1) is 12.2 Å². The maximum Gasteiger partial charge on any atom is 0.123 e. The maximum atomic E-state index is 13.1. The highest BCUT2D eigenvalue weighted by Gasteiger charge is 2.19. The summed E-state index contributed by atoms with van der Waals surface area (Å²) in [6.07, 6.45) is 8.71. The third-order valence-electron chi connectivity index (χ3n) is 3.41. The molecule has 1 aromatic carbocycles. The van der Waals surface area contributed by atoms with Crippen LogP contribution in [0.5, 0.6) is 0 Å². The first-order valence-corrected chi connectivity index (χ1v) is 6.13. The van der Waals surface area contributed by atoms with E-state index in [-0.39, 0.29) is 5.82 Å². The van der Waals surface area contributed by atoms with E-state index in [2.05, 4.69) is 22.6 Å². The van der Waals surface area contributed by atoms with Crippen molar-refractivity contribution in [3.05, 3.63) is 47.8 Å². The van der Waals surface area contributed by atoms with Crippen LogP contribution in [0.25, 0.3) is 6.08 Å². The third-order valence-corrected chi connectivity index (χ3v) is 3.41. The number of rotatable bonds is 1. The van der Waals surface area contributed by atoms with Gasteiger partial charge in [-0.2, -0.15) is 0 Å². The molecule has 17 heavy (non-hydrogen) atoms. The highest BCUT2D eigenvalue weighted by atomic mass is 19.1. The van der Waals surface area contributed by atoms with E-state index in [9.17, 15) is 4.39 Å². The second kappa shape index (κ2) is 4.49. The fourth-order valence-electron chi connectivity index (χ4n) is 2.45. The Morgan fingerprint density at radius 1 is 1.12 bits per heavy atom. The molecule has 89 valence electrons. The van der Waals surface area contributed by atoms with Gasteiger partial charge in [0.1, 0.15) is 5.82 Å². The molecule has 3 rings (SSSR count). The van der Waals surface area contributed by atoms with Crippen LogP contribution in [0.3, 0.4) is 0 Å². The molecule has 0 atom stereocenters.